The lowest BCUT2D eigenvalue weighted by molar-refractivity contribution is 0.122. The highest BCUT2D eigenvalue weighted by atomic mass is 32.2. The van der Waals surface area contributed by atoms with Crippen molar-refractivity contribution in [2.45, 2.75) is 40.4 Å². The standard InChI is InChI=1S/C17H22N4OS.2C2H6/c1-2-23-12-15-11-16(21-7-9-22-10-8-21)20-17(19-15)13-3-5-14(18)6-4-13;2*1-2/h3-6,11H,2,7-10,12,18H2,1H3;2*1-2H3. The van der Waals surface area contributed by atoms with Crippen molar-refractivity contribution in [1.29, 1.82) is 0 Å². The lowest BCUT2D eigenvalue weighted by atomic mass is 10.2. The number of morpholine rings is 1. The Morgan fingerprint density at radius 2 is 1.67 bits per heavy atom. The Morgan fingerprint density at radius 1 is 1.04 bits per heavy atom. The molecule has 2 N–H and O–H groups in total. The number of nitrogens with two attached hydrogens (primary N) is 1. The van der Waals surface area contributed by atoms with Crippen LogP contribution >= 0.6 is 11.8 Å². The molecule has 0 bridgehead atoms. The zero-order valence-corrected chi connectivity index (χ0v) is 18.2. The van der Waals surface area contributed by atoms with Crippen molar-refractivity contribution >= 4 is 23.3 Å². The van der Waals surface area contributed by atoms with Crippen LogP contribution in [0.1, 0.15) is 40.3 Å². The quantitative estimate of drug-likeness (QED) is 0.735. The molecule has 150 valence electrons. The highest BCUT2D eigenvalue weighted by Crippen LogP contribution is 2.23. The molecule has 5 nitrogen and oxygen atoms in total. The number of aromatic nitrogens is 2. The second kappa shape index (κ2) is 13.4. The summed E-state index contributed by atoms with van der Waals surface area (Å²) in [5, 5.41) is 0. The van der Waals surface area contributed by atoms with Crippen LogP contribution in [0.15, 0.2) is 30.3 Å². The fourth-order valence-corrected chi connectivity index (χ4v) is 3.04. The number of nitrogens with zero attached hydrogens (tertiary/aromatic N) is 3. The second-order valence-corrected chi connectivity index (χ2v) is 6.67. The van der Waals surface area contributed by atoms with Crippen LogP contribution < -0.4 is 10.6 Å². The van der Waals surface area contributed by atoms with E-state index >= 15 is 0 Å². The molecule has 0 atom stereocenters. The predicted octanol–water partition coefficient (Wildman–Crippen LogP) is 4.87. The van der Waals surface area contributed by atoms with Gasteiger partial charge in [0, 0.05) is 36.2 Å². The zero-order chi connectivity index (χ0) is 20.1. The van der Waals surface area contributed by atoms with Crippen molar-refractivity contribution in [2.24, 2.45) is 0 Å². The molecule has 27 heavy (non-hydrogen) atoms. The maximum atomic E-state index is 5.78. The molecule has 0 unspecified atom stereocenters. The number of rotatable bonds is 5. The van der Waals surface area contributed by atoms with E-state index in [1.165, 1.54) is 0 Å². The average molecular weight is 391 g/mol. The van der Waals surface area contributed by atoms with Gasteiger partial charge in [0.1, 0.15) is 5.82 Å². The maximum Gasteiger partial charge on any atom is 0.161 e. The fraction of sp³-hybridized carbons (Fsp3) is 0.524. The van der Waals surface area contributed by atoms with E-state index in [1.54, 1.807) is 0 Å². The topological polar surface area (TPSA) is 64.3 Å². The van der Waals surface area contributed by atoms with Crippen molar-refractivity contribution < 1.29 is 4.74 Å². The molecular weight excluding hydrogens is 356 g/mol. The van der Waals surface area contributed by atoms with Gasteiger partial charge in [0.15, 0.2) is 5.82 Å². The lowest BCUT2D eigenvalue weighted by Gasteiger charge is -2.28. The predicted molar refractivity (Wildman–Crippen MR) is 119 cm³/mol. The first-order chi connectivity index (χ1) is 13.3. The first kappa shape index (κ1) is 23.2. The van der Waals surface area contributed by atoms with Gasteiger partial charge in [0.25, 0.3) is 0 Å². The Bertz CT molecular complexity index is 643. The van der Waals surface area contributed by atoms with Gasteiger partial charge in [0.05, 0.1) is 18.9 Å². The van der Waals surface area contributed by atoms with Crippen LogP contribution in [0.4, 0.5) is 11.5 Å². The van der Waals surface area contributed by atoms with Gasteiger partial charge in [-0.15, -0.1) is 0 Å². The van der Waals surface area contributed by atoms with Crippen LogP contribution in [-0.2, 0) is 10.5 Å². The first-order valence-electron chi connectivity index (χ1n) is 9.90. The van der Waals surface area contributed by atoms with Crippen LogP contribution in [0.5, 0.6) is 0 Å². The average Bonchev–Trinajstić information content (AvgIpc) is 2.76. The molecule has 1 aliphatic heterocycles. The van der Waals surface area contributed by atoms with E-state index < -0.39 is 0 Å². The van der Waals surface area contributed by atoms with Gasteiger partial charge in [-0.3, -0.25) is 0 Å². The van der Waals surface area contributed by atoms with Gasteiger partial charge in [-0.25, -0.2) is 9.97 Å². The van der Waals surface area contributed by atoms with Crippen LogP contribution in [-0.4, -0.2) is 42.0 Å². The van der Waals surface area contributed by atoms with Crippen LogP contribution in [0.3, 0.4) is 0 Å². The summed E-state index contributed by atoms with van der Waals surface area (Å²) in [4.78, 5) is 11.8. The Morgan fingerprint density at radius 3 is 2.26 bits per heavy atom. The van der Waals surface area contributed by atoms with E-state index in [0.717, 1.165) is 66.4 Å². The molecule has 0 aliphatic carbocycles. The van der Waals surface area contributed by atoms with Crippen LogP contribution in [0.25, 0.3) is 11.4 Å². The molecule has 6 heteroatoms. The monoisotopic (exact) mass is 390 g/mol. The summed E-state index contributed by atoms with van der Waals surface area (Å²) in [6, 6.07) is 9.84. The largest absolute Gasteiger partial charge is 0.399 e. The molecule has 1 fully saturated rings. The Balaban J connectivity index is 0.000000855. The SMILES string of the molecule is CC.CC.CCSCc1cc(N2CCOCC2)nc(-c2ccc(N)cc2)n1. The first-order valence-corrected chi connectivity index (χ1v) is 11.1. The minimum atomic E-state index is 0.750. The van der Waals surface area contributed by atoms with Gasteiger partial charge >= 0.3 is 0 Å². The van der Waals surface area contributed by atoms with Crippen molar-refractivity contribution in [3.05, 3.63) is 36.0 Å². The molecule has 0 saturated carbocycles. The molecule has 1 aromatic carbocycles. The molecule has 0 spiro atoms. The van der Waals surface area contributed by atoms with E-state index in [9.17, 15) is 0 Å². The minimum Gasteiger partial charge on any atom is -0.399 e. The van der Waals surface area contributed by atoms with E-state index in [-0.39, 0.29) is 0 Å². The third-order valence-electron chi connectivity index (χ3n) is 3.72. The molecule has 2 heterocycles. The van der Waals surface area contributed by atoms with Crippen LogP contribution in [0.2, 0.25) is 0 Å². The van der Waals surface area contributed by atoms with Gasteiger partial charge in [-0.1, -0.05) is 34.6 Å². The number of ether oxygens (including phenoxy) is 1. The molecule has 0 amide bonds. The van der Waals surface area contributed by atoms with E-state index in [4.69, 9.17) is 20.4 Å². The van der Waals surface area contributed by atoms with Gasteiger partial charge in [-0.2, -0.15) is 11.8 Å². The van der Waals surface area contributed by atoms with Gasteiger partial charge in [-0.05, 0) is 30.0 Å². The summed E-state index contributed by atoms with van der Waals surface area (Å²) in [6.07, 6.45) is 0. The molecule has 2 aromatic rings. The van der Waals surface area contributed by atoms with Crippen LogP contribution in [0, 0.1) is 0 Å². The third-order valence-corrected chi connectivity index (χ3v) is 4.63. The molecule has 1 saturated heterocycles. The smallest absolute Gasteiger partial charge is 0.161 e. The Hall–Kier alpha value is -1.79. The molecule has 1 aliphatic rings. The number of benzene rings is 1. The summed E-state index contributed by atoms with van der Waals surface area (Å²) in [5.41, 5.74) is 8.60. The summed E-state index contributed by atoms with van der Waals surface area (Å²) < 4.78 is 5.44. The second-order valence-electron chi connectivity index (χ2n) is 5.40. The van der Waals surface area contributed by atoms with Crippen molar-refractivity contribution in [2.75, 3.05) is 42.7 Å². The van der Waals surface area contributed by atoms with Crippen molar-refractivity contribution in [1.82, 2.24) is 9.97 Å². The Labute approximate surface area is 168 Å². The van der Waals surface area contributed by atoms with Gasteiger partial charge < -0.3 is 15.4 Å². The normalized spacial score (nSPS) is 13.1. The summed E-state index contributed by atoms with van der Waals surface area (Å²) in [6.45, 7) is 13.4. The number of nitrogen functional groups attached to an aromatic ring is 1. The summed E-state index contributed by atoms with van der Waals surface area (Å²) in [5.74, 6) is 3.73. The molecular formula is C21H34N4OS. The molecule has 3 rings (SSSR count). The summed E-state index contributed by atoms with van der Waals surface area (Å²) >= 11 is 1.87. The number of hydrogen-bond donors (Lipinski definition) is 1. The number of hydrogen-bond acceptors (Lipinski definition) is 6. The summed E-state index contributed by atoms with van der Waals surface area (Å²) in [7, 11) is 0. The maximum absolute atomic E-state index is 5.78. The molecule has 0 radical (unpaired) electrons. The highest BCUT2D eigenvalue weighted by Gasteiger charge is 2.15. The fourth-order valence-electron chi connectivity index (χ4n) is 2.48. The highest BCUT2D eigenvalue weighted by molar-refractivity contribution is 7.98. The number of anilines is 2. The minimum absolute atomic E-state index is 0.750. The number of thioether (sulfide) groups is 1. The zero-order valence-electron chi connectivity index (χ0n) is 17.4. The van der Waals surface area contributed by atoms with Crippen molar-refractivity contribution in [3.63, 3.8) is 0 Å². The van der Waals surface area contributed by atoms with E-state index in [0.29, 0.717) is 0 Å². The van der Waals surface area contributed by atoms with Gasteiger partial charge in [0.2, 0.25) is 0 Å². The third kappa shape index (κ3) is 7.39. The van der Waals surface area contributed by atoms with E-state index in [1.807, 2.05) is 63.7 Å². The Kier molecular flexibility index (Phi) is 11.5. The lowest BCUT2D eigenvalue weighted by Crippen LogP contribution is -2.37. The molecule has 1 aromatic heterocycles. The van der Waals surface area contributed by atoms with E-state index in [2.05, 4.69) is 17.9 Å². The van der Waals surface area contributed by atoms with Crippen molar-refractivity contribution in [3.8, 4) is 11.4 Å².